The van der Waals surface area contributed by atoms with Crippen molar-refractivity contribution in [3.8, 4) is 0 Å². The lowest BCUT2D eigenvalue weighted by atomic mass is 9.99. The van der Waals surface area contributed by atoms with Crippen LogP contribution in [0.5, 0.6) is 0 Å². The molecule has 6 nitrogen and oxygen atoms in total. The molecule has 6 heteroatoms. The van der Waals surface area contributed by atoms with Crippen LogP contribution in [-0.4, -0.2) is 46.9 Å². The van der Waals surface area contributed by atoms with E-state index in [4.69, 9.17) is 0 Å². The third-order valence-corrected chi connectivity index (χ3v) is 3.94. The van der Waals surface area contributed by atoms with Crippen LogP contribution >= 0.6 is 0 Å². The highest BCUT2D eigenvalue weighted by atomic mass is 16.4. The van der Waals surface area contributed by atoms with Gasteiger partial charge in [0.2, 0.25) is 11.8 Å². The standard InChI is InChI=1S/C17H32N2O4/c1-7-8-9-10-13(20)19(6)15(12(4)5)16(21)18-14(11(2)3)17(22)23/h11-12,14-15H,7-10H2,1-6H3,(H,18,21)(H,22,23)/t14-,15-/m0/s1. The monoisotopic (exact) mass is 328 g/mol. The number of carboxylic acids is 1. The summed E-state index contributed by atoms with van der Waals surface area (Å²) in [6, 6.07) is -1.61. The first-order chi connectivity index (χ1) is 10.6. The Morgan fingerprint density at radius 2 is 1.61 bits per heavy atom. The molecule has 0 aliphatic carbocycles. The first-order valence-corrected chi connectivity index (χ1v) is 8.42. The zero-order valence-corrected chi connectivity index (χ0v) is 15.3. The smallest absolute Gasteiger partial charge is 0.326 e. The Morgan fingerprint density at radius 3 is 2.00 bits per heavy atom. The zero-order valence-electron chi connectivity index (χ0n) is 15.3. The molecule has 0 saturated heterocycles. The third-order valence-electron chi connectivity index (χ3n) is 3.94. The van der Waals surface area contributed by atoms with Crippen LogP contribution in [0.4, 0.5) is 0 Å². The van der Waals surface area contributed by atoms with Gasteiger partial charge in [-0.3, -0.25) is 9.59 Å². The van der Waals surface area contributed by atoms with Crippen LogP contribution in [0.25, 0.3) is 0 Å². The average Bonchev–Trinajstić information content (AvgIpc) is 2.43. The molecule has 0 aliphatic heterocycles. The van der Waals surface area contributed by atoms with Gasteiger partial charge in [0.05, 0.1) is 0 Å². The van der Waals surface area contributed by atoms with Gasteiger partial charge in [-0.25, -0.2) is 4.79 Å². The summed E-state index contributed by atoms with van der Waals surface area (Å²) in [6.45, 7) is 9.25. The lowest BCUT2D eigenvalue weighted by Crippen LogP contribution is -2.55. The summed E-state index contributed by atoms with van der Waals surface area (Å²) in [5.74, 6) is -1.88. The number of unbranched alkanes of at least 4 members (excludes halogenated alkanes) is 2. The lowest BCUT2D eigenvalue weighted by Gasteiger charge is -2.32. The van der Waals surface area contributed by atoms with Crippen LogP contribution in [0.1, 0.15) is 60.3 Å². The molecular formula is C17H32N2O4. The van der Waals surface area contributed by atoms with Gasteiger partial charge in [-0.2, -0.15) is 0 Å². The SMILES string of the molecule is CCCCCC(=O)N(C)[C@H](C(=O)N[C@H](C(=O)O)C(C)C)C(C)C. The molecule has 0 heterocycles. The minimum absolute atomic E-state index is 0.0799. The Bertz CT molecular complexity index is 407. The van der Waals surface area contributed by atoms with Crippen molar-refractivity contribution in [3.05, 3.63) is 0 Å². The van der Waals surface area contributed by atoms with Gasteiger partial charge in [-0.05, 0) is 18.3 Å². The maximum absolute atomic E-state index is 12.5. The fraction of sp³-hybridized carbons (Fsp3) is 0.824. The minimum Gasteiger partial charge on any atom is -0.480 e. The molecule has 0 spiro atoms. The van der Waals surface area contributed by atoms with Crippen molar-refractivity contribution in [3.63, 3.8) is 0 Å². The summed E-state index contributed by atoms with van der Waals surface area (Å²) < 4.78 is 0. The third kappa shape index (κ3) is 7.01. The molecule has 134 valence electrons. The van der Waals surface area contributed by atoms with E-state index in [9.17, 15) is 19.5 Å². The average molecular weight is 328 g/mol. The second-order valence-corrected chi connectivity index (χ2v) is 6.72. The molecule has 0 rings (SSSR count). The number of hydrogen-bond donors (Lipinski definition) is 2. The fourth-order valence-electron chi connectivity index (χ4n) is 2.54. The van der Waals surface area contributed by atoms with E-state index in [0.717, 1.165) is 19.3 Å². The van der Waals surface area contributed by atoms with E-state index in [0.29, 0.717) is 6.42 Å². The van der Waals surface area contributed by atoms with E-state index in [1.165, 1.54) is 4.90 Å². The highest BCUT2D eigenvalue weighted by Crippen LogP contribution is 2.14. The van der Waals surface area contributed by atoms with Crippen LogP contribution in [0, 0.1) is 11.8 Å². The Kier molecular flexibility index (Phi) is 9.53. The molecule has 23 heavy (non-hydrogen) atoms. The summed E-state index contributed by atoms with van der Waals surface area (Å²) in [6.07, 6.45) is 3.22. The van der Waals surface area contributed by atoms with Gasteiger partial charge >= 0.3 is 5.97 Å². The second-order valence-electron chi connectivity index (χ2n) is 6.72. The van der Waals surface area contributed by atoms with Crippen molar-refractivity contribution < 1.29 is 19.5 Å². The molecule has 0 unspecified atom stereocenters. The molecule has 0 fully saturated rings. The summed E-state index contributed by atoms with van der Waals surface area (Å²) >= 11 is 0. The second kappa shape index (κ2) is 10.2. The molecule has 0 aromatic heterocycles. The van der Waals surface area contributed by atoms with E-state index in [1.54, 1.807) is 20.9 Å². The molecule has 0 aromatic carbocycles. The molecule has 2 N–H and O–H groups in total. The van der Waals surface area contributed by atoms with E-state index in [1.807, 2.05) is 13.8 Å². The normalized spacial score (nSPS) is 13.7. The molecule has 0 bridgehead atoms. The number of likely N-dealkylation sites (N-methyl/N-ethyl adjacent to an activating group) is 1. The van der Waals surface area contributed by atoms with Crippen molar-refractivity contribution >= 4 is 17.8 Å². The van der Waals surface area contributed by atoms with Gasteiger partial charge in [0.25, 0.3) is 0 Å². The summed E-state index contributed by atoms with van der Waals surface area (Å²) in [7, 11) is 1.61. The summed E-state index contributed by atoms with van der Waals surface area (Å²) in [5.41, 5.74) is 0. The molecular weight excluding hydrogens is 296 g/mol. The summed E-state index contributed by atoms with van der Waals surface area (Å²) in [5, 5.41) is 11.8. The van der Waals surface area contributed by atoms with Crippen molar-refractivity contribution in [2.24, 2.45) is 11.8 Å². The first kappa shape index (κ1) is 21.4. The predicted molar refractivity (Wildman–Crippen MR) is 89.9 cm³/mol. The highest BCUT2D eigenvalue weighted by molar-refractivity contribution is 5.90. The van der Waals surface area contributed by atoms with E-state index in [-0.39, 0.29) is 17.7 Å². The number of carbonyl (C=O) groups is 3. The predicted octanol–water partition coefficient (Wildman–Crippen LogP) is 2.28. The van der Waals surface area contributed by atoms with Crippen LogP contribution in [-0.2, 0) is 14.4 Å². The van der Waals surface area contributed by atoms with E-state index < -0.39 is 24.0 Å². The number of rotatable bonds is 10. The van der Waals surface area contributed by atoms with Crippen LogP contribution in [0.3, 0.4) is 0 Å². The number of carboxylic acid groups (broad SMARTS) is 1. The number of carbonyl (C=O) groups excluding carboxylic acids is 2. The van der Waals surface area contributed by atoms with Crippen molar-refractivity contribution in [1.29, 1.82) is 0 Å². The van der Waals surface area contributed by atoms with Crippen LogP contribution in [0.15, 0.2) is 0 Å². The number of amides is 2. The van der Waals surface area contributed by atoms with Gasteiger partial charge in [0, 0.05) is 13.5 Å². The van der Waals surface area contributed by atoms with Crippen LogP contribution in [0.2, 0.25) is 0 Å². The maximum atomic E-state index is 12.5. The highest BCUT2D eigenvalue weighted by Gasteiger charge is 2.33. The Labute approximate surface area is 139 Å². The largest absolute Gasteiger partial charge is 0.480 e. The lowest BCUT2D eigenvalue weighted by molar-refractivity contribution is -0.146. The van der Waals surface area contributed by atoms with Gasteiger partial charge in [-0.1, -0.05) is 47.5 Å². The molecule has 0 aliphatic rings. The molecule has 0 radical (unpaired) electrons. The fourth-order valence-corrected chi connectivity index (χ4v) is 2.54. The number of nitrogens with one attached hydrogen (secondary N) is 1. The molecule has 0 aromatic rings. The van der Waals surface area contributed by atoms with E-state index >= 15 is 0 Å². The molecule has 2 amide bonds. The zero-order chi connectivity index (χ0) is 18.2. The Hall–Kier alpha value is -1.59. The van der Waals surface area contributed by atoms with Gasteiger partial charge in [0.15, 0.2) is 0 Å². The summed E-state index contributed by atoms with van der Waals surface area (Å²) in [4.78, 5) is 37.5. The van der Waals surface area contributed by atoms with Crippen molar-refractivity contribution in [2.45, 2.75) is 72.4 Å². The molecule has 2 atom stereocenters. The van der Waals surface area contributed by atoms with E-state index in [2.05, 4.69) is 12.2 Å². The van der Waals surface area contributed by atoms with Crippen LogP contribution < -0.4 is 5.32 Å². The quantitative estimate of drug-likeness (QED) is 0.602. The number of hydrogen-bond acceptors (Lipinski definition) is 3. The van der Waals surface area contributed by atoms with Gasteiger partial charge in [0.1, 0.15) is 12.1 Å². The minimum atomic E-state index is -1.06. The van der Waals surface area contributed by atoms with Gasteiger partial charge in [-0.15, -0.1) is 0 Å². The Morgan fingerprint density at radius 1 is 1.04 bits per heavy atom. The Balaban J connectivity index is 4.98. The topological polar surface area (TPSA) is 86.7 Å². The van der Waals surface area contributed by atoms with Crippen molar-refractivity contribution in [1.82, 2.24) is 10.2 Å². The first-order valence-electron chi connectivity index (χ1n) is 8.42. The van der Waals surface area contributed by atoms with Gasteiger partial charge < -0.3 is 15.3 Å². The number of aliphatic carboxylic acids is 1. The van der Waals surface area contributed by atoms with Crippen molar-refractivity contribution in [2.75, 3.05) is 7.05 Å². The number of nitrogens with zero attached hydrogens (tertiary/aromatic N) is 1. The molecule has 0 saturated carbocycles. The maximum Gasteiger partial charge on any atom is 0.326 e.